The first-order chi connectivity index (χ1) is 20.5. The van der Waals surface area contributed by atoms with Crippen LogP contribution < -0.4 is 10.1 Å². The molecule has 2 saturated heterocycles. The van der Waals surface area contributed by atoms with E-state index in [9.17, 15) is 4.79 Å². The number of carbonyl (C=O) groups excluding carboxylic acids is 1. The Balaban J connectivity index is 1.30. The van der Waals surface area contributed by atoms with Crippen molar-refractivity contribution in [3.05, 3.63) is 60.2 Å². The number of carbonyl (C=O) groups is 1. The predicted molar refractivity (Wildman–Crippen MR) is 169 cm³/mol. The first-order valence-electron chi connectivity index (χ1n) is 15.8. The Bertz CT molecular complexity index is 1540. The molecule has 2 atom stereocenters. The van der Waals surface area contributed by atoms with Gasteiger partial charge in [0.25, 0.3) is 5.91 Å². The maximum atomic E-state index is 13.0. The number of amides is 1. The van der Waals surface area contributed by atoms with E-state index >= 15 is 0 Å². The summed E-state index contributed by atoms with van der Waals surface area (Å²) in [5, 5.41) is 11.4. The van der Waals surface area contributed by atoms with Gasteiger partial charge in [0.1, 0.15) is 18.1 Å². The minimum atomic E-state index is -0.0932. The monoisotopic (exact) mass is 568 g/mol. The van der Waals surface area contributed by atoms with Gasteiger partial charge >= 0.3 is 0 Å². The molecule has 6 rings (SSSR count). The molecule has 2 aliphatic heterocycles. The molecule has 1 N–H and O–H groups in total. The van der Waals surface area contributed by atoms with Crippen molar-refractivity contribution in [2.45, 2.75) is 71.6 Å². The van der Waals surface area contributed by atoms with E-state index in [0.29, 0.717) is 24.1 Å². The molecule has 4 aromatic rings. The number of likely N-dealkylation sites (N-methyl/N-ethyl adjacent to an activating group) is 1. The van der Waals surface area contributed by atoms with E-state index in [4.69, 9.17) is 14.6 Å². The lowest BCUT2D eigenvalue weighted by atomic mass is 10.0. The van der Waals surface area contributed by atoms with Gasteiger partial charge in [-0.15, -0.1) is 0 Å². The maximum absolute atomic E-state index is 13.0. The van der Waals surface area contributed by atoms with Gasteiger partial charge < -0.3 is 14.8 Å². The van der Waals surface area contributed by atoms with Crippen LogP contribution in [0.25, 0.3) is 32.9 Å². The molecule has 0 aliphatic carbocycles. The van der Waals surface area contributed by atoms with Crippen molar-refractivity contribution in [3.8, 4) is 17.0 Å². The van der Waals surface area contributed by atoms with Crippen molar-refractivity contribution in [1.29, 1.82) is 0 Å². The van der Waals surface area contributed by atoms with Gasteiger partial charge in [-0.2, -0.15) is 5.10 Å². The van der Waals surface area contributed by atoms with E-state index in [1.165, 1.54) is 19.4 Å². The number of hydrogen-bond acceptors (Lipinski definition) is 5. The third-order valence-corrected chi connectivity index (χ3v) is 8.84. The van der Waals surface area contributed by atoms with Gasteiger partial charge in [-0.1, -0.05) is 39.0 Å². The fourth-order valence-electron chi connectivity index (χ4n) is 6.36. The molecule has 0 saturated carbocycles. The van der Waals surface area contributed by atoms with Crippen molar-refractivity contribution >= 4 is 27.6 Å². The van der Waals surface area contributed by atoms with Crippen LogP contribution >= 0.6 is 0 Å². The number of nitrogens with one attached hydrogen (secondary N) is 1. The van der Waals surface area contributed by atoms with Crippen molar-refractivity contribution in [3.63, 3.8) is 0 Å². The third kappa shape index (κ3) is 6.18. The molecule has 7 nitrogen and oxygen atoms in total. The lowest BCUT2D eigenvalue weighted by Gasteiger charge is -2.23. The summed E-state index contributed by atoms with van der Waals surface area (Å²) in [4.78, 5) is 15.5. The number of fused-ring (bicyclic) bond motifs is 2. The molecule has 222 valence electrons. The Hall–Kier alpha value is -3.42. The van der Waals surface area contributed by atoms with Crippen LogP contribution in [0.5, 0.6) is 5.75 Å². The standard InChI is InChI=1S/C35H44N4O3/c1-4-38-18-7-8-29(38)23-42-30-14-12-25-20-27(11-10-26(25)21-30)34-31-22-28(35(40)36-17-16-24(2)3)13-15-32(31)39(37-34)33-9-5-6-19-41-33/h10-15,20-22,24,29,33H,4-9,16-19,23H2,1-3H3,(H,36,40)/t29?,33-/m0/s1. The molecule has 3 aromatic carbocycles. The van der Waals surface area contributed by atoms with Crippen LogP contribution in [0.3, 0.4) is 0 Å². The number of hydrogen-bond donors (Lipinski definition) is 1. The van der Waals surface area contributed by atoms with Crippen LogP contribution in [-0.4, -0.2) is 59.5 Å². The molecule has 0 spiro atoms. The van der Waals surface area contributed by atoms with Crippen molar-refractivity contribution in [2.24, 2.45) is 5.92 Å². The average molecular weight is 569 g/mol. The van der Waals surface area contributed by atoms with Crippen LogP contribution in [0.1, 0.15) is 75.9 Å². The lowest BCUT2D eigenvalue weighted by molar-refractivity contribution is -0.0365. The number of aromatic nitrogens is 2. The van der Waals surface area contributed by atoms with E-state index in [1.807, 2.05) is 22.9 Å². The minimum absolute atomic E-state index is 0.0455. The Labute approximate surface area is 249 Å². The summed E-state index contributed by atoms with van der Waals surface area (Å²) in [6.45, 7) is 11.0. The molecule has 2 fully saturated rings. The Morgan fingerprint density at radius 1 is 1.05 bits per heavy atom. The van der Waals surface area contributed by atoms with Crippen molar-refractivity contribution in [1.82, 2.24) is 20.0 Å². The molecule has 0 bridgehead atoms. The smallest absolute Gasteiger partial charge is 0.251 e. The first-order valence-corrected chi connectivity index (χ1v) is 15.8. The number of nitrogens with zero attached hydrogens (tertiary/aromatic N) is 3. The molecule has 3 heterocycles. The summed E-state index contributed by atoms with van der Waals surface area (Å²) < 4.78 is 14.4. The van der Waals surface area contributed by atoms with Gasteiger partial charge in [0, 0.05) is 35.7 Å². The van der Waals surface area contributed by atoms with E-state index in [2.05, 4.69) is 67.4 Å². The van der Waals surface area contributed by atoms with E-state index in [1.54, 1.807) is 0 Å². The molecule has 0 radical (unpaired) electrons. The molecule has 1 amide bonds. The van der Waals surface area contributed by atoms with Crippen LogP contribution in [0.4, 0.5) is 0 Å². The average Bonchev–Trinajstić information content (AvgIpc) is 3.64. The zero-order valence-electron chi connectivity index (χ0n) is 25.3. The molecule has 42 heavy (non-hydrogen) atoms. The van der Waals surface area contributed by atoms with Gasteiger partial charge in [0.15, 0.2) is 6.23 Å². The van der Waals surface area contributed by atoms with Gasteiger partial charge in [-0.05, 0) is 105 Å². The predicted octanol–water partition coefficient (Wildman–Crippen LogP) is 7.19. The second-order valence-corrected chi connectivity index (χ2v) is 12.2. The molecule has 1 unspecified atom stereocenters. The fraction of sp³-hybridized carbons (Fsp3) is 0.486. The number of benzene rings is 3. The third-order valence-electron chi connectivity index (χ3n) is 8.84. The van der Waals surface area contributed by atoms with E-state index in [-0.39, 0.29) is 12.1 Å². The molecular formula is C35H44N4O3. The highest BCUT2D eigenvalue weighted by atomic mass is 16.5. The van der Waals surface area contributed by atoms with Gasteiger partial charge in [0.05, 0.1) is 5.52 Å². The zero-order chi connectivity index (χ0) is 29.1. The van der Waals surface area contributed by atoms with Crippen LogP contribution in [0.2, 0.25) is 0 Å². The Morgan fingerprint density at radius 3 is 2.71 bits per heavy atom. The van der Waals surface area contributed by atoms with Crippen LogP contribution in [-0.2, 0) is 4.74 Å². The van der Waals surface area contributed by atoms with Crippen LogP contribution in [0, 0.1) is 5.92 Å². The Morgan fingerprint density at radius 2 is 1.90 bits per heavy atom. The van der Waals surface area contributed by atoms with Crippen LogP contribution in [0.15, 0.2) is 54.6 Å². The Kier molecular flexibility index (Phi) is 8.77. The quantitative estimate of drug-likeness (QED) is 0.219. The molecule has 2 aliphatic rings. The minimum Gasteiger partial charge on any atom is -0.492 e. The maximum Gasteiger partial charge on any atom is 0.251 e. The summed E-state index contributed by atoms with van der Waals surface area (Å²) in [6, 6.07) is 19.2. The number of likely N-dealkylation sites (tertiary alicyclic amines) is 1. The second kappa shape index (κ2) is 12.8. The molecule has 7 heteroatoms. The molecular weight excluding hydrogens is 524 g/mol. The highest BCUT2D eigenvalue weighted by Gasteiger charge is 2.24. The van der Waals surface area contributed by atoms with Gasteiger partial charge in [0.2, 0.25) is 0 Å². The largest absolute Gasteiger partial charge is 0.492 e. The molecule has 1 aromatic heterocycles. The van der Waals surface area contributed by atoms with Crippen molar-refractivity contribution < 1.29 is 14.3 Å². The summed E-state index contributed by atoms with van der Waals surface area (Å²) in [5.41, 5.74) is 3.55. The SMILES string of the molecule is CCN1CCCC1COc1ccc2cc(-c3nn([C@@H]4CCCCO4)c4ccc(C(=O)NCCC(C)C)cc34)ccc2c1. The summed E-state index contributed by atoms with van der Waals surface area (Å²) >= 11 is 0. The number of ether oxygens (including phenoxy) is 2. The highest BCUT2D eigenvalue weighted by molar-refractivity contribution is 6.02. The first kappa shape index (κ1) is 28.7. The summed E-state index contributed by atoms with van der Waals surface area (Å²) in [5.74, 6) is 1.41. The zero-order valence-corrected chi connectivity index (χ0v) is 25.3. The summed E-state index contributed by atoms with van der Waals surface area (Å²) in [7, 11) is 0. The van der Waals surface area contributed by atoms with Gasteiger partial charge in [-0.3, -0.25) is 9.69 Å². The normalized spacial score (nSPS) is 19.6. The lowest BCUT2D eigenvalue weighted by Crippen LogP contribution is -2.33. The number of rotatable bonds is 10. The van der Waals surface area contributed by atoms with Gasteiger partial charge in [-0.25, -0.2) is 4.68 Å². The summed E-state index contributed by atoms with van der Waals surface area (Å²) in [6.07, 6.45) is 6.46. The second-order valence-electron chi connectivity index (χ2n) is 12.2. The fourth-order valence-corrected chi connectivity index (χ4v) is 6.36. The van der Waals surface area contributed by atoms with E-state index in [0.717, 1.165) is 84.1 Å². The highest BCUT2D eigenvalue weighted by Crippen LogP contribution is 2.35. The topological polar surface area (TPSA) is 68.6 Å². The van der Waals surface area contributed by atoms with E-state index < -0.39 is 0 Å². The van der Waals surface area contributed by atoms with Crippen molar-refractivity contribution in [2.75, 3.05) is 32.8 Å².